The van der Waals surface area contributed by atoms with Crippen molar-refractivity contribution < 1.29 is 10.3 Å². The van der Waals surface area contributed by atoms with Crippen LogP contribution in [0.3, 0.4) is 0 Å². The maximum atomic E-state index is 11.6. The molecule has 0 amide bonds. The highest BCUT2D eigenvalue weighted by atomic mass is 79.9. The summed E-state index contributed by atoms with van der Waals surface area (Å²) < 4.78 is 0. The van der Waals surface area contributed by atoms with Gasteiger partial charge in [-0.05, 0) is 35.4 Å². The van der Waals surface area contributed by atoms with Gasteiger partial charge >= 0.3 is 0 Å². The Morgan fingerprint density at radius 2 is 1.36 bits per heavy atom. The third-order valence-electron chi connectivity index (χ3n) is 3.60. The number of rotatable bonds is 3. The lowest BCUT2D eigenvalue weighted by atomic mass is 9.94. The number of Topliss-reactive ketones (excluding diaryl/α,β-unsaturated/α-hetero) is 1. The summed E-state index contributed by atoms with van der Waals surface area (Å²) in [6.45, 7) is 0.436. The number of carbonyl (C=O) groups excluding carboxylic acids is 1. The van der Waals surface area contributed by atoms with Crippen LogP contribution >= 0.6 is 39.1 Å². The minimum atomic E-state index is -0.242. The van der Waals surface area contributed by atoms with Gasteiger partial charge in [0.05, 0.1) is 12.6 Å². The van der Waals surface area contributed by atoms with Crippen LogP contribution in [0.4, 0.5) is 0 Å². The molecule has 116 valence electrons. The Bertz CT molecular complexity index is 615. The average Bonchev–Trinajstić information content (AvgIpc) is 2.50. The molecule has 2 N–H and O–H groups in total. The van der Waals surface area contributed by atoms with Gasteiger partial charge in [-0.3, -0.25) is 9.69 Å². The van der Waals surface area contributed by atoms with Gasteiger partial charge in [-0.25, -0.2) is 0 Å². The lowest BCUT2D eigenvalue weighted by Gasteiger charge is -2.42. The lowest BCUT2D eigenvalue weighted by Crippen LogP contribution is -2.55. The maximum absolute atomic E-state index is 11.6. The number of halogens is 3. The zero-order chi connectivity index (χ0) is 15.0. The van der Waals surface area contributed by atoms with Gasteiger partial charge < -0.3 is 5.48 Å². The lowest BCUT2D eigenvalue weighted by molar-refractivity contribution is -0.132. The minimum absolute atomic E-state index is 0. The van der Waals surface area contributed by atoms with Crippen LogP contribution in [-0.2, 0) is 4.79 Å². The first-order valence-electron chi connectivity index (χ1n) is 6.50. The van der Waals surface area contributed by atoms with E-state index in [9.17, 15) is 4.79 Å². The summed E-state index contributed by atoms with van der Waals surface area (Å²) in [6.07, 6.45) is 0. The summed E-state index contributed by atoms with van der Waals surface area (Å²) in [6, 6.07) is 15.4. The van der Waals surface area contributed by atoms with Crippen molar-refractivity contribution in [2.75, 3.05) is 6.54 Å². The third-order valence-corrected chi connectivity index (χ3v) is 5.14. The largest absolute Gasteiger partial charge is 0.412 e. The normalized spacial score (nSPS) is 18.0. The molecule has 1 unspecified atom stereocenters. The molecule has 1 atom stereocenters. The van der Waals surface area contributed by atoms with Crippen LogP contribution in [0.15, 0.2) is 48.5 Å². The monoisotopic (exact) mass is 401 g/mol. The zero-order valence-corrected chi connectivity index (χ0v) is 14.6. The Morgan fingerprint density at radius 1 is 0.955 bits per heavy atom. The van der Waals surface area contributed by atoms with Crippen molar-refractivity contribution in [3.05, 3.63) is 69.7 Å². The molecule has 0 spiro atoms. The molecule has 22 heavy (non-hydrogen) atoms. The SMILES string of the molecule is O.O=C1CN(C(c2ccc(Cl)cc2)c2ccc(Cl)cc2)C1Br. The summed E-state index contributed by atoms with van der Waals surface area (Å²) in [5, 5.41) is 1.40. The fourth-order valence-electron chi connectivity index (χ4n) is 2.50. The van der Waals surface area contributed by atoms with Crippen molar-refractivity contribution in [2.24, 2.45) is 0 Å². The first kappa shape index (κ1) is 17.4. The second-order valence-corrected chi connectivity index (χ2v) is 6.72. The van der Waals surface area contributed by atoms with Crippen LogP contribution in [0, 0.1) is 0 Å². The number of benzene rings is 2. The third kappa shape index (κ3) is 3.36. The van der Waals surface area contributed by atoms with Crippen LogP contribution in [-0.4, -0.2) is 27.7 Å². The van der Waals surface area contributed by atoms with Crippen LogP contribution in [0.1, 0.15) is 17.2 Å². The van der Waals surface area contributed by atoms with E-state index in [0.29, 0.717) is 16.6 Å². The molecular weight excluding hydrogens is 389 g/mol. The van der Waals surface area contributed by atoms with E-state index in [1.165, 1.54) is 0 Å². The van der Waals surface area contributed by atoms with Gasteiger partial charge in [0.2, 0.25) is 0 Å². The molecule has 6 heteroatoms. The number of ketones is 1. The first-order chi connectivity index (χ1) is 10.1. The topological polar surface area (TPSA) is 51.8 Å². The van der Waals surface area contributed by atoms with E-state index < -0.39 is 0 Å². The molecular formula is C16H14BrCl2NO2. The van der Waals surface area contributed by atoms with Gasteiger partial charge in [-0.15, -0.1) is 0 Å². The highest BCUT2D eigenvalue weighted by molar-refractivity contribution is 9.10. The molecule has 3 rings (SSSR count). The summed E-state index contributed by atoms with van der Waals surface area (Å²) in [7, 11) is 0. The maximum Gasteiger partial charge on any atom is 0.174 e. The molecule has 0 aliphatic carbocycles. The van der Waals surface area contributed by atoms with Crippen molar-refractivity contribution in [3.8, 4) is 0 Å². The Kier molecular flexibility index (Phi) is 5.64. The number of likely N-dealkylation sites (tertiary alicyclic amines) is 1. The standard InChI is InChI=1S/C16H12BrCl2NO.H2O/c17-16-14(21)9-20(16)15(10-1-5-12(18)6-2-10)11-3-7-13(19)8-4-11;/h1-8,15-16H,9H2;1H2. The highest BCUT2D eigenvalue weighted by Gasteiger charge is 2.40. The Morgan fingerprint density at radius 3 is 1.68 bits per heavy atom. The molecule has 0 bridgehead atoms. The van der Waals surface area contributed by atoms with Crippen molar-refractivity contribution >= 4 is 44.9 Å². The Balaban J connectivity index is 0.00000176. The molecule has 0 saturated carbocycles. The predicted octanol–water partition coefficient (Wildman–Crippen LogP) is 3.86. The van der Waals surface area contributed by atoms with Crippen LogP contribution in [0.25, 0.3) is 0 Å². The van der Waals surface area contributed by atoms with Crippen molar-refractivity contribution in [1.29, 1.82) is 0 Å². The Labute approximate surface area is 147 Å². The summed E-state index contributed by atoms with van der Waals surface area (Å²) in [4.78, 5) is 13.4. The molecule has 1 fully saturated rings. The Hall–Kier alpha value is -0.910. The van der Waals surface area contributed by atoms with Crippen molar-refractivity contribution in [2.45, 2.75) is 11.0 Å². The van der Waals surface area contributed by atoms with E-state index in [1.807, 2.05) is 48.5 Å². The highest BCUT2D eigenvalue weighted by Crippen LogP contribution is 2.37. The number of carbonyl (C=O) groups is 1. The van der Waals surface area contributed by atoms with E-state index in [2.05, 4.69) is 20.8 Å². The molecule has 3 nitrogen and oxygen atoms in total. The molecule has 1 aliphatic heterocycles. The minimum Gasteiger partial charge on any atom is -0.412 e. The summed E-state index contributed by atoms with van der Waals surface area (Å²) >= 11 is 15.4. The second-order valence-electron chi connectivity index (χ2n) is 4.98. The van der Waals surface area contributed by atoms with Crippen molar-refractivity contribution in [1.82, 2.24) is 4.90 Å². The summed E-state index contributed by atoms with van der Waals surface area (Å²) in [5.41, 5.74) is 2.19. The molecule has 1 aliphatic rings. The fraction of sp³-hybridized carbons (Fsp3) is 0.188. The van der Waals surface area contributed by atoms with Gasteiger partial charge in [-0.2, -0.15) is 0 Å². The zero-order valence-electron chi connectivity index (χ0n) is 11.5. The quantitative estimate of drug-likeness (QED) is 0.578. The fourth-order valence-corrected chi connectivity index (χ4v) is 3.27. The van der Waals surface area contributed by atoms with E-state index in [-0.39, 0.29) is 22.3 Å². The number of alkyl halides is 1. The number of hydrogen-bond donors (Lipinski definition) is 0. The van der Waals surface area contributed by atoms with Gasteiger partial charge in [-0.1, -0.05) is 63.4 Å². The molecule has 0 aromatic heterocycles. The second kappa shape index (κ2) is 7.11. The van der Waals surface area contributed by atoms with Gasteiger partial charge in [0.1, 0.15) is 4.95 Å². The van der Waals surface area contributed by atoms with E-state index >= 15 is 0 Å². The van der Waals surface area contributed by atoms with Gasteiger partial charge in [0, 0.05) is 10.0 Å². The first-order valence-corrected chi connectivity index (χ1v) is 8.17. The number of hydrogen-bond acceptors (Lipinski definition) is 2. The van der Waals surface area contributed by atoms with E-state index in [4.69, 9.17) is 23.2 Å². The molecule has 2 aromatic rings. The predicted molar refractivity (Wildman–Crippen MR) is 92.8 cm³/mol. The van der Waals surface area contributed by atoms with Gasteiger partial charge in [0.15, 0.2) is 5.78 Å². The average molecular weight is 403 g/mol. The van der Waals surface area contributed by atoms with Crippen LogP contribution in [0.2, 0.25) is 10.0 Å². The smallest absolute Gasteiger partial charge is 0.174 e. The van der Waals surface area contributed by atoms with E-state index in [0.717, 1.165) is 11.1 Å². The van der Waals surface area contributed by atoms with Crippen LogP contribution < -0.4 is 0 Å². The van der Waals surface area contributed by atoms with E-state index in [1.54, 1.807) is 0 Å². The molecule has 0 radical (unpaired) electrons. The number of nitrogens with zero attached hydrogens (tertiary/aromatic N) is 1. The molecule has 1 heterocycles. The van der Waals surface area contributed by atoms with Gasteiger partial charge in [0.25, 0.3) is 0 Å². The van der Waals surface area contributed by atoms with Crippen molar-refractivity contribution in [3.63, 3.8) is 0 Å². The van der Waals surface area contributed by atoms with Crippen LogP contribution in [0.5, 0.6) is 0 Å². The molecule has 1 saturated heterocycles. The molecule has 2 aromatic carbocycles. The summed E-state index contributed by atoms with van der Waals surface area (Å²) in [5.74, 6) is 0.197.